The zero-order valence-corrected chi connectivity index (χ0v) is 17.5. The molecule has 3 aromatic carbocycles. The van der Waals surface area contributed by atoms with E-state index in [1.54, 1.807) is 30.3 Å². The topological polar surface area (TPSA) is 32.3 Å². The van der Waals surface area contributed by atoms with Crippen LogP contribution in [0.3, 0.4) is 0 Å². The Balaban J connectivity index is 1.92. The van der Waals surface area contributed by atoms with Crippen LogP contribution in [0.15, 0.2) is 66.7 Å². The van der Waals surface area contributed by atoms with E-state index in [9.17, 15) is 18.0 Å². The first-order chi connectivity index (χ1) is 13.8. The van der Waals surface area contributed by atoms with Crippen molar-refractivity contribution < 1.29 is 18.0 Å². The lowest BCUT2D eigenvalue weighted by Crippen LogP contribution is -2.44. The maximum absolute atomic E-state index is 13.7. The van der Waals surface area contributed by atoms with E-state index in [4.69, 9.17) is 0 Å². The van der Waals surface area contributed by atoms with Crippen molar-refractivity contribution in [2.24, 2.45) is 0 Å². The van der Waals surface area contributed by atoms with Gasteiger partial charge in [0.15, 0.2) is 0 Å². The van der Waals surface area contributed by atoms with Gasteiger partial charge in [0.05, 0.1) is 11.1 Å². The van der Waals surface area contributed by atoms with E-state index in [0.717, 1.165) is 15.2 Å². The number of nitrogens with zero attached hydrogens (tertiary/aromatic N) is 1. The molecule has 7 heteroatoms. The standard InChI is InChI=1S/C22H16F3IN2O/c1-13-6-9-15(10-7-13)28-20(16-4-2-3-5-18(16)22(23,24)25)27-19-11-8-14(26)12-17(19)21(28)29/h2-12,20,27H,1H3/t20-/m1/s1. The molecule has 0 aromatic heterocycles. The number of anilines is 2. The molecule has 3 nitrogen and oxygen atoms in total. The Bertz CT molecular complexity index is 1080. The second-order valence-electron chi connectivity index (χ2n) is 6.83. The van der Waals surface area contributed by atoms with Gasteiger partial charge in [0, 0.05) is 20.5 Å². The predicted molar refractivity (Wildman–Crippen MR) is 115 cm³/mol. The Morgan fingerprint density at radius 2 is 1.69 bits per heavy atom. The molecule has 0 spiro atoms. The Hall–Kier alpha value is -2.55. The SMILES string of the molecule is Cc1ccc(N2C(=O)c3cc(I)ccc3N[C@H]2c2ccccc2C(F)(F)F)cc1. The molecule has 1 aliphatic rings. The van der Waals surface area contributed by atoms with Gasteiger partial charge >= 0.3 is 6.18 Å². The van der Waals surface area contributed by atoms with Gasteiger partial charge < -0.3 is 5.32 Å². The molecule has 3 aromatic rings. The highest BCUT2D eigenvalue weighted by molar-refractivity contribution is 14.1. The number of halogens is 4. The number of carbonyl (C=O) groups excluding carboxylic acids is 1. The molecular formula is C22H16F3IN2O. The summed E-state index contributed by atoms with van der Waals surface area (Å²) in [4.78, 5) is 14.8. The zero-order valence-electron chi connectivity index (χ0n) is 15.3. The minimum atomic E-state index is -4.54. The van der Waals surface area contributed by atoms with Gasteiger partial charge in [-0.25, -0.2) is 0 Å². The largest absolute Gasteiger partial charge is 0.416 e. The number of fused-ring (bicyclic) bond motifs is 1. The summed E-state index contributed by atoms with van der Waals surface area (Å²) in [6, 6.07) is 17.8. The minimum absolute atomic E-state index is 0.00174. The molecule has 0 aliphatic carbocycles. The summed E-state index contributed by atoms with van der Waals surface area (Å²) in [6.45, 7) is 1.91. The maximum Gasteiger partial charge on any atom is 0.416 e. The van der Waals surface area contributed by atoms with Crippen LogP contribution in [-0.4, -0.2) is 5.91 Å². The molecule has 1 atom stereocenters. The van der Waals surface area contributed by atoms with Crippen molar-refractivity contribution >= 4 is 39.9 Å². The number of nitrogens with one attached hydrogen (secondary N) is 1. The van der Waals surface area contributed by atoms with E-state index >= 15 is 0 Å². The summed E-state index contributed by atoms with van der Waals surface area (Å²) in [5, 5.41) is 3.15. The van der Waals surface area contributed by atoms with Gasteiger partial charge in [-0.1, -0.05) is 35.9 Å². The molecule has 0 saturated carbocycles. The monoisotopic (exact) mass is 508 g/mol. The molecule has 1 aliphatic heterocycles. The summed E-state index contributed by atoms with van der Waals surface area (Å²) >= 11 is 2.11. The number of alkyl halides is 3. The molecule has 0 saturated heterocycles. The number of amides is 1. The number of rotatable bonds is 2. The Morgan fingerprint density at radius 3 is 2.38 bits per heavy atom. The van der Waals surface area contributed by atoms with Gasteiger partial charge in [0.25, 0.3) is 5.91 Å². The van der Waals surface area contributed by atoms with Crippen LogP contribution >= 0.6 is 22.6 Å². The van der Waals surface area contributed by atoms with Crippen molar-refractivity contribution in [1.29, 1.82) is 0 Å². The second kappa shape index (κ2) is 7.37. The van der Waals surface area contributed by atoms with Crippen LogP contribution in [0.25, 0.3) is 0 Å². The molecule has 4 rings (SSSR count). The highest BCUT2D eigenvalue weighted by atomic mass is 127. The molecule has 0 unspecified atom stereocenters. The number of aryl methyl sites for hydroxylation is 1. The lowest BCUT2D eigenvalue weighted by atomic mass is 9.98. The predicted octanol–water partition coefficient (Wildman–Crippen LogP) is 6.39. The summed E-state index contributed by atoms with van der Waals surface area (Å²) in [6.07, 6.45) is -5.53. The molecular weight excluding hydrogens is 492 g/mol. The second-order valence-corrected chi connectivity index (χ2v) is 8.08. The molecule has 148 valence electrons. The lowest BCUT2D eigenvalue weighted by molar-refractivity contribution is -0.138. The molecule has 1 amide bonds. The van der Waals surface area contributed by atoms with Crippen molar-refractivity contribution in [2.45, 2.75) is 19.3 Å². The fourth-order valence-corrected chi connectivity index (χ4v) is 3.95. The molecule has 1 heterocycles. The molecule has 0 bridgehead atoms. The number of benzene rings is 3. The molecule has 1 N–H and O–H groups in total. The number of hydrogen-bond acceptors (Lipinski definition) is 2. The lowest BCUT2D eigenvalue weighted by Gasteiger charge is -2.39. The third-order valence-corrected chi connectivity index (χ3v) is 5.53. The van der Waals surface area contributed by atoms with Crippen LogP contribution < -0.4 is 10.2 Å². The highest BCUT2D eigenvalue weighted by Crippen LogP contribution is 2.41. The van der Waals surface area contributed by atoms with Gasteiger partial charge in [0.1, 0.15) is 6.17 Å². The van der Waals surface area contributed by atoms with E-state index in [-0.39, 0.29) is 11.5 Å². The molecule has 0 radical (unpaired) electrons. The smallest absolute Gasteiger partial charge is 0.360 e. The quantitative estimate of drug-likeness (QED) is 0.407. The van der Waals surface area contributed by atoms with Crippen LogP contribution in [0.2, 0.25) is 0 Å². The third kappa shape index (κ3) is 3.71. The van der Waals surface area contributed by atoms with E-state index in [1.165, 1.54) is 17.0 Å². The van der Waals surface area contributed by atoms with Crippen LogP contribution in [0.5, 0.6) is 0 Å². The van der Waals surface area contributed by atoms with Gasteiger partial charge in [-0.05, 0) is 65.9 Å². The van der Waals surface area contributed by atoms with Gasteiger partial charge in [-0.2, -0.15) is 13.2 Å². The summed E-state index contributed by atoms with van der Waals surface area (Å²) in [5.41, 5.74) is 1.70. The Kier molecular flexibility index (Phi) is 5.02. The first-order valence-electron chi connectivity index (χ1n) is 8.88. The van der Waals surface area contributed by atoms with Crippen molar-refractivity contribution in [3.63, 3.8) is 0 Å². The van der Waals surface area contributed by atoms with E-state index in [1.807, 2.05) is 25.1 Å². The van der Waals surface area contributed by atoms with E-state index in [0.29, 0.717) is 16.9 Å². The van der Waals surface area contributed by atoms with E-state index < -0.39 is 17.9 Å². The van der Waals surface area contributed by atoms with Gasteiger partial charge in [-0.15, -0.1) is 0 Å². The van der Waals surface area contributed by atoms with Crippen molar-refractivity contribution in [2.75, 3.05) is 10.2 Å². The summed E-state index contributed by atoms with van der Waals surface area (Å²) in [7, 11) is 0. The Morgan fingerprint density at radius 1 is 1.00 bits per heavy atom. The zero-order chi connectivity index (χ0) is 20.8. The maximum atomic E-state index is 13.7. The Labute approximate surface area is 179 Å². The average molecular weight is 508 g/mol. The van der Waals surface area contributed by atoms with E-state index in [2.05, 4.69) is 27.9 Å². The normalized spacial score (nSPS) is 16.4. The first-order valence-corrected chi connectivity index (χ1v) is 9.96. The van der Waals surface area contributed by atoms with Crippen molar-refractivity contribution in [1.82, 2.24) is 0 Å². The van der Waals surface area contributed by atoms with Crippen LogP contribution in [0.4, 0.5) is 24.5 Å². The summed E-state index contributed by atoms with van der Waals surface area (Å²) in [5.74, 6) is -0.344. The third-order valence-electron chi connectivity index (χ3n) is 4.85. The van der Waals surface area contributed by atoms with Crippen LogP contribution in [-0.2, 0) is 6.18 Å². The van der Waals surface area contributed by atoms with Crippen LogP contribution in [0, 0.1) is 10.5 Å². The fraction of sp³-hybridized carbons (Fsp3) is 0.136. The fourth-order valence-electron chi connectivity index (χ4n) is 3.46. The van der Waals surface area contributed by atoms with Crippen molar-refractivity contribution in [3.05, 3.63) is 92.6 Å². The molecule has 29 heavy (non-hydrogen) atoms. The number of carbonyl (C=O) groups is 1. The van der Waals surface area contributed by atoms with Gasteiger partial charge in [-0.3, -0.25) is 9.69 Å². The van der Waals surface area contributed by atoms with Gasteiger partial charge in [0.2, 0.25) is 0 Å². The van der Waals surface area contributed by atoms with Crippen LogP contribution in [0.1, 0.15) is 33.2 Å². The average Bonchev–Trinajstić information content (AvgIpc) is 2.69. The number of hydrogen-bond donors (Lipinski definition) is 1. The highest BCUT2D eigenvalue weighted by Gasteiger charge is 2.40. The summed E-state index contributed by atoms with van der Waals surface area (Å²) < 4.78 is 42.0. The molecule has 0 fully saturated rings. The minimum Gasteiger partial charge on any atom is -0.360 e. The van der Waals surface area contributed by atoms with Crippen molar-refractivity contribution in [3.8, 4) is 0 Å². The first kappa shape index (κ1) is 19.8.